The summed E-state index contributed by atoms with van der Waals surface area (Å²) in [7, 11) is 1.75. The van der Waals surface area contributed by atoms with Gasteiger partial charge in [0, 0.05) is 51.2 Å². The van der Waals surface area contributed by atoms with Crippen molar-refractivity contribution in [3.8, 4) is 5.75 Å². The van der Waals surface area contributed by atoms with Gasteiger partial charge in [-0.1, -0.05) is 37.3 Å². The molecule has 0 radical (unpaired) electrons. The number of nitrogens with zero attached hydrogens (tertiary/aromatic N) is 2. The largest absolute Gasteiger partial charge is 0.490 e. The summed E-state index contributed by atoms with van der Waals surface area (Å²) in [4.78, 5) is 26.4. The van der Waals surface area contributed by atoms with Crippen LogP contribution in [0.2, 0.25) is 0 Å². The zero-order valence-corrected chi connectivity index (χ0v) is 16.4. The van der Waals surface area contributed by atoms with Gasteiger partial charge in [0.25, 0.3) is 5.56 Å². The summed E-state index contributed by atoms with van der Waals surface area (Å²) < 4.78 is 7.60. The third-order valence-corrected chi connectivity index (χ3v) is 5.42. The van der Waals surface area contributed by atoms with E-state index in [1.807, 2.05) is 36.1 Å². The van der Waals surface area contributed by atoms with Crippen LogP contribution < -0.4 is 10.3 Å². The molecule has 1 aromatic carbocycles. The molecule has 2 aromatic rings. The van der Waals surface area contributed by atoms with Gasteiger partial charge in [0.2, 0.25) is 5.91 Å². The molecule has 0 N–H and O–H groups in total. The van der Waals surface area contributed by atoms with Gasteiger partial charge >= 0.3 is 0 Å². The van der Waals surface area contributed by atoms with Gasteiger partial charge in [-0.25, -0.2) is 0 Å². The minimum Gasteiger partial charge on any atom is -0.490 e. The monoisotopic (exact) mass is 368 g/mol. The van der Waals surface area contributed by atoms with Gasteiger partial charge in [0.15, 0.2) is 0 Å². The molecule has 0 spiro atoms. The van der Waals surface area contributed by atoms with Crippen LogP contribution >= 0.6 is 0 Å². The summed E-state index contributed by atoms with van der Waals surface area (Å²) in [6.07, 6.45) is 2.16. The van der Waals surface area contributed by atoms with Crippen molar-refractivity contribution >= 4 is 5.91 Å². The number of likely N-dealkylation sites (tertiary alicyclic amines) is 1. The van der Waals surface area contributed by atoms with Crippen molar-refractivity contribution in [2.75, 3.05) is 13.1 Å². The first-order valence-corrected chi connectivity index (χ1v) is 9.61. The number of aryl methyl sites for hydroxylation is 1. The number of amides is 1. The number of piperidine rings is 1. The number of aromatic nitrogens is 1. The summed E-state index contributed by atoms with van der Waals surface area (Å²) in [5, 5.41) is 0. The molecule has 0 saturated carbocycles. The van der Waals surface area contributed by atoms with Crippen molar-refractivity contribution in [1.29, 1.82) is 0 Å². The molecule has 1 fully saturated rings. The van der Waals surface area contributed by atoms with Crippen LogP contribution in [0.4, 0.5) is 0 Å². The Morgan fingerprint density at radius 3 is 2.48 bits per heavy atom. The van der Waals surface area contributed by atoms with Crippen molar-refractivity contribution in [3.05, 3.63) is 64.1 Å². The zero-order chi connectivity index (χ0) is 19.4. The smallest absolute Gasteiger partial charge is 0.254 e. The minimum atomic E-state index is -0.0625. The second-order valence-electron chi connectivity index (χ2n) is 7.44. The van der Waals surface area contributed by atoms with Crippen LogP contribution in [0.5, 0.6) is 5.75 Å². The Morgan fingerprint density at radius 2 is 1.85 bits per heavy atom. The predicted molar refractivity (Wildman–Crippen MR) is 106 cm³/mol. The van der Waals surface area contributed by atoms with E-state index >= 15 is 0 Å². The highest BCUT2D eigenvalue weighted by Crippen LogP contribution is 2.23. The Balaban J connectivity index is 1.51. The molecule has 5 heteroatoms. The number of rotatable bonds is 5. The number of ether oxygens (including phenoxy) is 1. The zero-order valence-electron chi connectivity index (χ0n) is 16.4. The molecule has 1 aliphatic heterocycles. The first-order chi connectivity index (χ1) is 12.9. The summed E-state index contributed by atoms with van der Waals surface area (Å²) in [5.74, 6) is 1.04. The van der Waals surface area contributed by atoms with Crippen LogP contribution in [0.15, 0.2) is 47.3 Å². The van der Waals surface area contributed by atoms with Gasteiger partial charge in [-0.3, -0.25) is 9.59 Å². The number of carbonyl (C=O) groups excluding carboxylic acids is 1. The van der Waals surface area contributed by atoms with E-state index in [4.69, 9.17) is 4.74 Å². The Labute approximate surface area is 160 Å². The number of hydrogen-bond acceptors (Lipinski definition) is 3. The van der Waals surface area contributed by atoms with Crippen molar-refractivity contribution in [3.63, 3.8) is 0 Å². The molecule has 3 rings (SSSR count). The molecule has 144 valence electrons. The van der Waals surface area contributed by atoms with Crippen molar-refractivity contribution in [1.82, 2.24) is 9.47 Å². The molecule has 1 amide bonds. The molecule has 5 nitrogen and oxygen atoms in total. The summed E-state index contributed by atoms with van der Waals surface area (Å²) in [5.41, 5.74) is 2.01. The third-order valence-electron chi connectivity index (χ3n) is 5.42. The fourth-order valence-corrected chi connectivity index (χ4v) is 3.51. The van der Waals surface area contributed by atoms with E-state index in [0.29, 0.717) is 25.3 Å². The molecule has 1 aliphatic rings. The fourth-order valence-electron chi connectivity index (χ4n) is 3.51. The van der Waals surface area contributed by atoms with Crippen LogP contribution in [0.25, 0.3) is 0 Å². The van der Waals surface area contributed by atoms with E-state index in [-0.39, 0.29) is 23.5 Å². The van der Waals surface area contributed by atoms with Gasteiger partial charge in [0.05, 0.1) is 0 Å². The van der Waals surface area contributed by atoms with Crippen LogP contribution in [0, 0.1) is 6.92 Å². The Kier molecular flexibility index (Phi) is 5.99. The molecule has 1 saturated heterocycles. The topological polar surface area (TPSA) is 51.5 Å². The van der Waals surface area contributed by atoms with Gasteiger partial charge in [0.1, 0.15) is 11.9 Å². The van der Waals surface area contributed by atoms with E-state index in [9.17, 15) is 9.59 Å². The molecule has 1 atom stereocenters. The SMILES string of the molecule is Cc1cc(OC2CCN(C(=O)CC(C)c3ccccc3)CC2)cc(=O)n1C. The predicted octanol–water partition coefficient (Wildman–Crippen LogP) is 3.26. The lowest BCUT2D eigenvalue weighted by Crippen LogP contribution is -2.42. The lowest BCUT2D eigenvalue weighted by Gasteiger charge is -2.33. The van der Waals surface area contributed by atoms with E-state index in [0.717, 1.165) is 18.5 Å². The van der Waals surface area contributed by atoms with Crippen molar-refractivity contribution in [2.24, 2.45) is 7.05 Å². The lowest BCUT2D eigenvalue weighted by molar-refractivity contribution is -0.133. The van der Waals surface area contributed by atoms with E-state index in [1.54, 1.807) is 11.6 Å². The summed E-state index contributed by atoms with van der Waals surface area (Å²) in [6.45, 7) is 5.40. The lowest BCUT2D eigenvalue weighted by atomic mass is 9.96. The van der Waals surface area contributed by atoms with E-state index in [2.05, 4.69) is 19.1 Å². The van der Waals surface area contributed by atoms with Crippen molar-refractivity contribution in [2.45, 2.75) is 45.1 Å². The molecule has 0 aliphatic carbocycles. The highest BCUT2D eigenvalue weighted by atomic mass is 16.5. The third kappa shape index (κ3) is 4.79. The second kappa shape index (κ2) is 8.42. The molecule has 1 unspecified atom stereocenters. The normalized spacial score (nSPS) is 16.2. The summed E-state index contributed by atoms with van der Waals surface area (Å²) >= 11 is 0. The highest BCUT2D eigenvalue weighted by Gasteiger charge is 2.25. The first kappa shape index (κ1) is 19.2. The average molecular weight is 368 g/mol. The average Bonchev–Trinajstić information content (AvgIpc) is 2.67. The fraction of sp³-hybridized carbons (Fsp3) is 0.455. The second-order valence-corrected chi connectivity index (χ2v) is 7.44. The Morgan fingerprint density at radius 1 is 1.19 bits per heavy atom. The van der Waals surface area contributed by atoms with E-state index < -0.39 is 0 Å². The standard InChI is InChI=1S/C22H28N2O3/c1-16(18-7-5-4-6-8-18)13-22(26)24-11-9-19(10-12-24)27-20-14-17(2)23(3)21(25)15-20/h4-8,14-16,19H,9-13H2,1-3H3. The molecular formula is C22H28N2O3. The highest BCUT2D eigenvalue weighted by molar-refractivity contribution is 5.77. The first-order valence-electron chi connectivity index (χ1n) is 9.61. The van der Waals surface area contributed by atoms with E-state index in [1.165, 1.54) is 11.6 Å². The quantitative estimate of drug-likeness (QED) is 0.814. The van der Waals surface area contributed by atoms with Crippen LogP contribution in [-0.4, -0.2) is 34.6 Å². The maximum absolute atomic E-state index is 12.6. The molecule has 1 aromatic heterocycles. The van der Waals surface area contributed by atoms with Crippen LogP contribution in [-0.2, 0) is 11.8 Å². The van der Waals surface area contributed by atoms with Crippen LogP contribution in [0.3, 0.4) is 0 Å². The van der Waals surface area contributed by atoms with Gasteiger partial charge < -0.3 is 14.2 Å². The Bertz CT molecular complexity index is 836. The maximum atomic E-state index is 12.6. The number of hydrogen-bond donors (Lipinski definition) is 0. The number of pyridine rings is 1. The molecular weight excluding hydrogens is 340 g/mol. The van der Waals surface area contributed by atoms with Gasteiger partial charge in [-0.05, 0) is 24.5 Å². The maximum Gasteiger partial charge on any atom is 0.254 e. The summed E-state index contributed by atoms with van der Waals surface area (Å²) in [6, 6.07) is 13.6. The number of benzene rings is 1. The van der Waals surface area contributed by atoms with Gasteiger partial charge in [-0.15, -0.1) is 0 Å². The van der Waals surface area contributed by atoms with Crippen LogP contribution in [0.1, 0.15) is 43.4 Å². The Hall–Kier alpha value is -2.56. The number of carbonyl (C=O) groups is 1. The molecule has 27 heavy (non-hydrogen) atoms. The van der Waals surface area contributed by atoms with Gasteiger partial charge in [-0.2, -0.15) is 0 Å². The van der Waals surface area contributed by atoms with Crippen molar-refractivity contribution < 1.29 is 9.53 Å². The molecule has 0 bridgehead atoms. The molecule has 2 heterocycles. The minimum absolute atomic E-state index is 0.0482.